The lowest BCUT2D eigenvalue weighted by atomic mass is 9.74. The molecule has 1 fully saturated rings. The van der Waals surface area contributed by atoms with Gasteiger partial charge in [0.2, 0.25) is 6.41 Å². The molecule has 4 aromatic carbocycles. The number of ketones is 1. The van der Waals surface area contributed by atoms with E-state index in [1.165, 1.54) is 0 Å². The van der Waals surface area contributed by atoms with Crippen molar-refractivity contribution < 1.29 is 28.7 Å². The average molecular weight is 749 g/mol. The Bertz CT molecular complexity index is 1810. The number of urea groups is 1. The molecule has 3 atom stereocenters. The summed E-state index contributed by atoms with van der Waals surface area (Å²) in [7, 11) is 0. The normalized spacial score (nSPS) is 23.9. The molecule has 9 nitrogen and oxygen atoms in total. The summed E-state index contributed by atoms with van der Waals surface area (Å²) in [6.45, 7) is 3.90. The van der Waals surface area contributed by atoms with Gasteiger partial charge in [-0.25, -0.2) is 4.79 Å². The summed E-state index contributed by atoms with van der Waals surface area (Å²) in [6, 6.07) is 30.2. The Morgan fingerprint density at radius 2 is 1.28 bits per heavy atom. The molecule has 0 bridgehead atoms. The van der Waals surface area contributed by atoms with E-state index in [9.17, 15) is 14.4 Å². The number of imide groups is 1. The zero-order valence-electron chi connectivity index (χ0n) is 25.0. The number of rotatable bonds is 2. The third kappa shape index (κ3) is 6.43. The first-order chi connectivity index (χ1) is 21.9. The highest BCUT2D eigenvalue weighted by atomic mass is 79.9. The van der Waals surface area contributed by atoms with Crippen LogP contribution >= 0.6 is 31.9 Å². The summed E-state index contributed by atoms with van der Waals surface area (Å²) in [5, 5.41) is 5.19. The fourth-order valence-corrected chi connectivity index (χ4v) is 6.73. The average Bonchev–Trinajstić information content (AvgIpc) is 3.31. The SMILES string of the molecule is CC1(c2ccccc2)CC(=O)c2cc(Br)ccc2O1.CC1(c2ccccc2)CC2(NC(=O)NC2=O)c2cc(Br)ccc2O1.NC=O. The monoisotopic (exact) mass is 747 g/mol. The van der Waals surface area contributed by atoms with Gasteiger partial charge in [0, 0.05) is 20.9 Å². The Morgan fingerprint density at radius 1 is 0.761 bits per heavy atom. The van der Waals surface area contributed by atoms with Crippen molar-refractivity contribution in [3.8, 4) is 11.5 Å². The van der Waals surface area contributed by atoms with Crippen LogP contribution in [0.1, 0.15) is 53.7 Å². The molecule has 7 rings (SSSR count). The minimum Gasteiger partial charge on any atom is -0.482 e. The molecule has 3 heterocycles. The number of halogens is 2. The van der Waals surface area contributed by atoms with E-state index in [1.54, 1.807) is 0 Å². The van der Waals surface area contributed by atoms with Crippen LogP contribution < -0.4 is 25.8 Å². The number of nitrogens with one attached hydrogen (secondary N) is 2. The molecule has 3 unspecified atom stereocenters. The van der Waals surface area contributed by atoms with Crippen LogP contribution in [0.5, 0.6) is 11.5 Å². The lowest BCUT2D eigenvalue weighted by Gasteiger charge is -2.44. The van der Waals surface area contributed by atoms with Crippen LogP contribution in [0.3, 0.4) is 0 Å². The summed E-state index contributed by atoms with van der Waals surface area (Å²) >= 11 is 6.81. The van der Waals surface area contributed by atoms with Crippen LogP contribution in [0, 0.1) is 0 Å². The van der Waals surface area contributed by atoms with Gasteiger partial charge < -0.3 is 20.5 Å². The van der Waals surface area contributed by atoms with E-state index in [0.29, 0.717) is 35.5 Å². The van der Waals surface area contributed by atoms with Crippen molar-refractivity contribution in [3.63, 3.8) is 0 Å². The minimum atomic E-state index is -1.14. The van der Waals surface area contributed by atoms with Crippen molar-refractivity contribution in [2.24, 2.45) is 5.73 Å². The van der Waals surface area contributed by atoms with Crippen LogP contribution in [-0.4, -0.2) is 24.1 Å². The largest absolute Gasteiger partial charge is 0.482 e. The van der Waals surface area contributed by atoms with E-state index in [1.807, 2.05) is 111 Å². The van der Waals surface area contributed by atoms with Crippen molar-refractivity contribution in [3.05, 3.63) is 128 Å². The number of carbonyl (C=O) groups excluding carboxylic acids is 4. The van der Waals surface area contributed by atoms with Gasteiger partial charge in [0.05, 0.1) is 12.0 Å². The lowest BCUT2D eigenvalue weighted by molar-refractivity contribution is -0.128. The van der Waals surface area contributed by atoms with Crippen LogP contribution in [-0.2, 0) is 26.3 Å². The van der Waals surface area contributed by atoms with E-state index in [2.05, 4.69) is 48.2 Å². The molecule has 0 aliphatic carbocycles. The highest BCUT2D eigenvalue weighted by molar-refractivity contribution is 9.10. The molecule has 46 heavy (non-hydrogen) atoms. The van der Waals surface area contributed by atoms with Crippen molar-refractivity contribution in [2.75, 3.05) is 0 Å². The van der Waals surface area contributed by atoms with Gasteiger partial charge in [-0.3, -0.25) is 19.7 Å². The molecule has 4 N–H and O–H groups in total. The fraction of sp³-hybridized carbons (Fsp3) is 0.200. The van der Waals surface area contributed by atoms with E-state index in [4.69, 9.17) is 14.3 Å². The second-order valence-electron chi connectivity index (χ2n) is 11.4. The quantitative estimate of drug-likeness (QED) is 0.156. The molecule has 4 aromatic rings. The summed E-state index contributed by atoms with van der Waals surface area (Å²) in [4.78, 5) is 45.5. The Morgan fingerprint density at radius 3 is 1.85 bits per heavy atom. The molecule has 236 valence electrons. The first-order valence-electron chi connectivity index (χ1n) is 14.3. The van der Waals surface area contributed by atoms with Crippen LogP contribution in [0.25, 0.3) is 0 Å². The molecule has 4 amide bonds. The Balaban J connectivity index is 0.000000171. The number of carbonyl (C=O) groups is 4. The summed E-state index contributed by atoms with van der Waals surface area (Å²) in [6.07, 6.45) is 0.922. The molecular formula is C35H31Br2N3O6. The zero-order chi connectivity index (χ0) is 33.1. The third-order valence-corrected chi connectivity index (χ3v) is 9.11. The van der Waals surface area contributed by atoms with Crippen molar-refractivity contribution in [1.29, 1.82) is 0 Å². The molecule has 0 radical (unpaired) electrons. The van der Waals surface area contributed by atoms with Crippen molar-refractivity contribution in [1.82, 2.24) is 10.6 Å². The standard InChI is InChI=1S/C18H15BrN2O3.C16H13BrO2.CH3NO/c1-17(11-5-3-2-4-6-11)10-18(15(22)20-16(23)21-18)13-9-12(19)7-8-14(13)24-17;1-16(11-5-3-2-4-6-11)10-14(18)13-9-12(17)7-8-15(13)19-16;2-1-3/h2-9H,10H2,1H3,(H2,20,21,22,23);2-9H,10H2,1H3;1H,(H2,2,3). The smallest absolute Gasteiger partial charge is 0.322 e. The number of benzene rings is 4. The molecule has 1 spiro atoms. The number of hydrogen-bond donors (Lipinski definition) is 3. The van der Waals surface area contributed by atoms with Crippen molar-refractivity contribution >= 4 is 56.0 Å². The van der Waals surface area contributed by atoms with E-state index >= 15 is 0 Å². The summed E-state index contributed by atoms with van der Waals surface area (Å²) in [5.41, 5.74) is 5.00. The second-order valence-corrected chi connectivity index (χ2v) is 13.2. The molecular weight excluding hydrogens is 718 g/mol. The zero-order valence-corrected chi connectivity index (χ0v) is 28.2. The molecule has 1 saturated heterocycles. The van der Waals surface area contributed by atoms with Crippen molar-refractivity contribution in [2.45, 2.75) is 43.4 Å². The predicted octanol–water partition coefficient (Wildman–Crippen LogP) is 6.61. The van der Waals surface area contributed by atoms with E-state index < -0.39 is 22.8 Å². The maximum Gasteiger partial charge on any atom is 0.322 e. The summed E-state index contributed by atoms with van der Waals surface area (Å²) < 4.78 is 14.1. The number of ether oxygens (including phenoxy) is 2. The fourth-order valence-electron chi connectivity index (χ4n) is 6.00. The maximum atomic E-state index is 12.7. The van der Waals surface area contributed by atoms with Crippen LogP contribution in [0.2, 0.25) is 0 Å². The van der Waals surface area contributed by atoms with Gasteiger partial charge >= 0.3 is 6.03 Å². The minimum absolute atomic E-state index is 0.119. The number of primary amides is 1. The highest BCUT2D eigenvalue weighted by Gasteiger charge is 2.57. The predicted molar refractivity (Wildman–Crippen MR) is 179 cm³/mol. The number of fused-ring (bicyclic) bond motifs is 3. The van der Waals surface area contributed by atoms with Crippen LogP contribution in [0.15, 0.2) is 106 Å². The molecule has 0 aromatic heterocycles. The van der Waals surface area contributed by atoms with Gasteiger partial charge in [-0.15, -0.1) is 0 Å². The highest BCUT2D eigenvalue weighted by Crippen LogP contribution is 2.49. The lowest BCUT2D eigenvalue weighted by Crippen LogP contribution is -2.53. The van der Waals surface area contributed by atoms with Gasteiger partial charge in [-0.05, 0) is 61.4 Å². The van der Waals surface area contributed by atoms with E-state index in [0.717, 1.165) is 20.1 Å². The second kappa shape index (κ2) is 13.1. The van der Waals surface area contributed by atoms with Gasteiger partial charge in [0.1, 0.15) is 22.7 Å². The number of Topliss-reactive ketones (excluding diaryl/α,β-unsaturated/α-hetero) is 1. The first kappa shape index (κ1) is 32.9. The van der Waals surface area contributed by atoms with E-state index in [-0.39, 0.29) is 18.1 Å². The maximum absolute atomic E-state index is 12.7. The first-order valence-corrected chi connectivity index (χ1v) is 15.9. The van der Waals surface area contributed by atoms with Gasteiger partial charge in [-0.2, -0.15) is 0 Å². The molecule has 3 aliphatic heterocycles. The summed E-state index contributed by atoms with van der Waals surface area (Å²) in [5.74, 6) is 1.02. The number of amides is 4. The van der Waals surface area contributed by atoms with Gasteiger partial charge in [0.15, 0.2) is 11.3 Å². The molecule has 0 saturated carbocycles. The number of hydrogen-bond acceptors (Lipinski definition) is 6. The Kier molecular flexibility index (Phi) is 9.37. The topological polar surface area (TPSA) is 137 Å². The van der Waals surface area contributed by atoms with Crippen LogP contribution in [0.4, 0.5) is 4.79 Å². The third-order valence-electron chi connectivity index (χ3n) is 8.12. The Hall–Kier alpha value is -4.48. The Labute approximate surface area is 283 Å². The number of nitrogens with two attached hydrogens (primary N) is 1. The molecule has 3 aliphatic rings. The van der Waals surface area contributed by atoms with Gasteiger partial charge in [0.25, 0.3) is 5.91 Å². The van der Waals surface area contributed by atoms with Gasteiger partial charge in [-0.1, -0.05) is 92.5 Å². The molecule has 11 heteroatoms.